The van der Waals surface area contributed by atoms with Crippen LogP contribution in [0.2, 0.25) is 0 Å². The molecule has 1 aromatic heterocycles. The second kappa shape index (κ2) is 8.28. The van der Waals surface area contributed by atoms with Crippen LogP contribution in [0.25, 0.3) is 0 Å². The fourth-order valence-electron chi connectivity index (χ4n) is 2.42. The number of carbonyl (C=O) groups excluding carboxylic acids is 2. The summed E-state index contributed by atoms with van der Waals surface area (Å²) in [6.07, 6.45) is 1.49. The van der Waals surface area contributed by atoms with Gasteiger partial charge in [0, 0.05) is 50.3 Å². The lowest BCUT2D eigenvalue weighted by Crippen LogP contribution is -2.30. The van der Waals surface area contributed by atoms with Gasteiger partial charge >= 0.3 is 0 Å². The number of aromatic nitrogens is 1. The summed E-state index contributed by atoms with van der Waals surface area (Å²) in [4.78, 5) is 32.6. The van der Waals surface area contributed by atoms with Gasteiger partial charge in [-0.3, -0.25) is 14.6 Å². The summed E-state index contributed by atoms with van der Waals surface area (Å²) in [6, 6.07) is 10.7. The number of amides is 2. The molecule has 25 heavy (non-hydrogen) atoms. The predicted octanol–water partition coefficient (Wildman–Crippen LogP) is 2.88. The van der Waals surface area contributed by atoms with Crippen molar-refractivity contribution in [3.63, 3.8) is 0 Å². The van der Waals surface area contributed by atoms with Crippen LogP contribution in [0.1, 0.15) is 34.7 Å². The Morgan fingerprint density at radius 2 is 1.68 bits per heavy atom. The van der Waals surface area contributed by atoms with Crippen LogP contribution < -0.4 is 10.2 Å². The van der Waals surface area contributed by atoms with Crippen molar-refractivity contribution in [2.75, 3.05) is 37.4 Å². The van der Waals surface area contributed by atoms with E-state index in [9.17, 15) is 9.59 Å². The number of rotatable bonds is 6. The highest BCUT2D eigenvalue weighted by Gasteiger charge is 2.15. The molecular formula is C19H24N4O2. The minimum atomic E-state index is -0.341. The first kappa shape index (κ1) is 18.4. The highest BCUT2D eigenvalue weighted by Crippen LogP contribution is 2.16. The lowest BCUT2D eigenvalue weighted by atomic mass is 10.2. The summed E-state index contributed by atoms with van der Waals surface area (Å²) in [6.45, 7) is 5.09. The first-order valence-electron chi connectivity index (χ1n) is 8.30. The van der Waals surface area contributed by atoms with Crippen LogP contribution in [-0.4, -0.2) is 48.9 Å². The Balaban J connectivity index is 2.14. The summed E-state index contributed by atoms with van der Waals surface area (Å²) in [7, 11) is 3.91. The van der Waals surface area contributed by atoms with Gasteiger partial charge in [0.05, 0.1) is 0 Å². The van der Waals surface area contributed by atoms with Gasteiger partial charge in [-0.1, -0.05) is 0 Å². The van der Waals surface area contributed by atoms with Gasteiger partial charge in [0.25, 0.3) is 11.8 Å². The van der Waals surface area contributed by atoms with E-state index in [4.69, 9.17) is 0 Å². The molecule has 0 saturated carbocycles. The maximum absolute atomic E-state index is 12.4. The lowest BCUT2D eigenvalue weighted by molar-refractivity contribution is 0.0773. The summed E-state index contributed by atoms with van der Waals surface area (Å²) in [5.41, 5.74) is 2.40. The fourth-order valence-corrected chi connectivity index (χ4v) is 2.42. The smallest absolute Gasteiger partial charge is 0.274 e. The Hall–Kier alpha value is -2.89. The number of hydrogen-bond donors (Lipinski definition) is 1. The molecule has 0 aliphatic heterocycles. The van der Waals surface area contributed by atoms with Crippen LogP contribution in [-0.2, 0) is 0 Å². The molecule has 0 aliphatic carbocycles. The van der Waals surface area contributed by atoms with Gasteiger partial charge in [0.2, 0.25) is 0 Å². The summed E-state index contributed by atoms with van der Waals surface area (Å²) in [5.74, 6) is -0.441. The van der Waals surface area contributed by atoms with Crippen molar-refractivity contribution < 1.29 is 9.59 Å². The molecule has 2 aromatic rings. The molecular weight excluding hydrogens is 316 g/mol. The maximum atomic E-state index is 12.4. The van der Waals surface area contributed by atoms with Crippen LogP contribution in [0.3, 0.4) is 0 Å². The Kier molecular flexibility index (Phi) is 6.11. The van der Waals surface area contributed by atoms with E-state index in [1.165, 1.54) is 12.3 Å². The maximum Gasteiger partial charge on any atom is 0.274 e. The van der Waals surface area contributed by atoms with Crippen LogP contribution in [0, 0.1) is 0 Å². The number of carbonyl (C=O) groups is 2. The Bertz CT molecular complexity index is 737. The van der Waals surface area contributed by atoms with Crippen LogP contribution in [0.4, 0.5) is 11.4 Å². The van der Waals surface area contributed by atoms with E-state index in [1.54, 1.807) is 11.0 Å². The molecule has 1 aromatic carbocycles. The van der Waals surface area contributed by atoms with E-state index in [2.05, 4.69) is 10.3 Å². The number of hydrogen-bond acceptors (Lipinski definition) is 4. The molecule has 6 nitrogen and oxygen atoms in total. The SMILES string of the molecule is CCN(CC)C(=O)c1ccnc(C(=O)Nc2ccc(N(C)C)cc2)c1. The van der Waals surface area contributed by atoms with Crippen molar-refractivity contribution >= 4 is 23.2 Å². The third-order valence-electron chi connectivity index (χ3n) is 3.93. The Labute approximate surface area is 148 Å². The van der Waals surface area contributed by atoms with Gasteiger partial charge in [-0.2, -0.15) is 0 Å². The van der Waals surface area contributed by atoms with E-state index >= 15 is 0 Å². The molecule has 0 unspecified atom stereocenters. The third-order valence-corrected chi connectivity index (χ3v) is 3.93. The van der Waals surface area contributed by atoms with Crippen LogP contribution >= 0.6 is 0 Å². The van der Waals surface area contributed by atoms with Gasteiger partial charge < -0.3 is 15.1 Å². The van der Waals surface area contributed by atoms with Crippen molar-refractivity contribution in [2.45, 2.75) is 13.8 Å². The van der Waals surface area contributed by atoms with E-state index in [-0.39, 0.29) is 17.5 Å². The standard InChI is InChI=1S/C19H24N4O2/c1-5-23(6-2)19(25)14-11-12-20-17(13-14)18(24)21-15-7-9-16(10-8-15)22(3)4/h7-13H,5-6H2,1-4H3,(H,21,24). The largest absolute Gasteiger partial charge is 0.378 e. The average molecular weight is 340 g/mol. The molecule has 2 rings (SSSR count). The van der Waals surface area contributed by atoms with Crippen molar-refractivity contribution in [1.82, 2.24) is 9.88 Å². The molecule has 0 radical (unpaired) electrons. The van der Waals surface area contributed by atoms with E-state index in [0.717, 1.165) is 5.69 Å². The molecule has 0 saturated heterocycles. The van der Waals surface area contributed by atoms with Gasteiger partial charge in [-0.05, 0) is 50.2 Å². The van der Waals surface area contributed by atoms with Crippen molar-refractivity contribution in [3.8, 4) is 0 Å². The number of nitrogens with one attached hydrogen (secondary N) is 1. The third kappa shape index (κ3) is 4.56. The zero-order valence-electron chi connectivity index (χ0n) is 15.1. The molecule has 1 heterocycles. The Morgan fingerprint density at radius 1 is 1.04 bits per heavy atom. The first-order valence-corrected chi connectivity index (χ1v) is 8.30. The van der Waals surface area contributed by atoms with E-state index in [0.29, 0.717) is 24.3 Å². The predicted molar refractivity (Wildman–Crippen MR) is 100 cm³/mol. The van der Waals surface area contributed by atoms with E-state index in [1.807, 2.05) is 57.1 Å². The average Bonchev–Trinajstić information content (AvgIpc) is 2.63. The Morgan fingerprint density at radius 3 is 2.24 bits per heavy atom. The quantitative estimate of drug-likeness (QED) is 0.878. The highest BCUT2D eigenvalue weighted by molar-refractivity contribution is 6.04. The summed E-state index contributed by atoms with van der Waals surface area (Å²) in [5, 5.41) is 2.80. The van der Waals surface area contributed by atoms with Gasteiger partial charge in [-0.15, -0.1) is 0 Å². The van der Waals surface area contributed by atoms with E-state index < -0.39 is 0 Å². The second-order valence-corrected chi connectivity index (χ2v) is 5.80. The van der Waals surface area contributed by atoms with Crippen molar-refractivity contribution in [1.29, 1.82) is 0 Å². The molecule has 0 fully saturated rings. The molecule has 2 amide bonds. The molecule has 0 aliphatic rings. The molecule has 6 heteroatoms. The number of benzene rings is 1. The molecule has 132 valence electrons. The molecule has 0 spiro atoms. The van der Waals surface area contributed by atoms with Gasteiger partial charge in [0.1, 0.15) is 5.69 Å². The number of anilines is 2. The summed E-state index contributed by atoms with van der Waals surface area (Å²) >= 11 is 0. The minimum Gasteiger partial charge on any atom is -0.378 e. The minimum absolute atomic E-state index is 0.100. The first-order chi connectivity index (χ1) is 12.0. The molecule has 1 N–H and O–H groups in total. The number of nitrogens with zero attached hydrogens (tertiary/aromatic N) is 3. The number of pyridine rings is 1. The lowest BCUT2D eigenvalue weighted by Gasteiger charge is -2.18. The van der Waals surface area contributed by atoms with Gasteiger partial charge in [0.15, 0.2) is 0 Å². The highest BCUT2D eigenvalue weighted by atomic mass is 16.2. The zero-order chi connectivity index (χ0) is 18.4. The molecule has 0 atom stereocenters. The second-order valence-electron chi connectivity index (χ2n) is 5.80. The fraction of sp³-hybridized carbons (Fsp3) is 0.316. The monoisotopic (exact) mass is 340 g/mol. The summed E-state index contributed by atoms with van der Waals surface area (Å²) < 4.78 is 0. The van der Waals surface area contributed by atoms with Crippen molar-refractivity contribution in [3.05, 3.63) is 53.9 Å². The van der Waals surface area contributed by atoms with Gasteiger partial charge in [-0.25, -0.2) is 0 Å². The topological polar surface area (TPSA) is 65.5 Å². The zero-order valence-corrected chi connectivity index (χ0v) is 15.1. The normalized spacial score (nSPS) is 10.2. The van der Waals surface area contributed by atoms with Crippen LogP contribution in [0.15, 0.2) is 42.6 Å². The van der Waals surface area contributed by atoms with Crippen molar-refractivity contribution in [2.24, 2.45) is 0 Å². The molecule has 0 bridgehead atoms. The van der Waals surface area contributed by atoms with Crippen LogP contribution in [0.5, 0.6) is 0 Å².